The number of benzene rings is 1. The van der Waals surface area contributed by atoms with Gasteiger partial charge < -0.3 is 15.2 Å². The molecule has 0 aromatic heterocycles. The van der Waals surface area contributed by atoms with E-state index in [1.165, 1.54) is 11.1 Å². The van der Waals surface area contributed by atoms with E-state index in [0.29, 0.717) is 0 Å². The molecule has 0 unspecified atom stereocenters. The fraction of sp³-hybridized carbons (Fsp3) is 0.625. The van der Waals surface area contributed by atoms with Crippen LogP contribution >= 0.6 is 0 Å². The SMILES string of the molecule is CC(C)(N)CC1(c2ccc3c(c2)CCCO3)COC1. The second kappa shape index (κ2) is 4.50. The summed E-state index contributed by atoms with van der Waals surface area (Å²) in [6, 6.07) is 6.62. The lowest BCUT2D eigenvalue weighted by Gasteiger charge is -2.46. The molecule has 1 saturated heterocycles. The van der Waals surface area contributed by atoms with Gasteiger partial charge in [-0.15, -0.1) is 0 Å². The van der Waals surface area contributed by atoms with Crippen molar-refractivity contribution < 1.29 is 9.47 Å². The van der Waals surface area contributed by atoms with Crippen LogP contribution in [0.5, 0.6) is 5.75 Å². The molecular formula is C16H23NO2. The van der Waals surface area contributed by atoms with E-state index in [9.17, 15) is 0 Å². The van der Waals surface area contributed by atoms with Crippen molar-refractivity contribution in [2.45, 2.75) is 44.1 Å². The van der Waals surface area contributed by atoms with Gasteiger partial charge in [-0.3, -0.25) is 0 Å². The molecule has 1 aromatic carbocycles. The second-order valence-corrected chi connectivity index (χ2v) is 6.71. The van der Waals surface area contributed by atoms with Gasteiger partial charge in [-0.1, -0.05) is 12.1 Å². The van der Waals surface area contributed by atoms with Gasteiger partial charge in [-0.05, 0) is 50.3 Å². The predicted molar refractivity (Wildman–Crippen MR) is 75.6 cm³/mol. The van der Waals surface area contributed by atoms with Crippen molar-refractivity contribution in [2.75, 3.05) is 19.8 Å². The molecule has 0 atom stereocenters. The van der Waals surface area contributed by atoms with Gasteiger partial charge in [0.25, 0.3) is 0 Å². The highest BCUT2D eigenvalue weighted by atomic mass is 16.5. The Labute approximate surface area is 115 Å². The maximum atomic E-state index is 6.23. The molecule has 2 N–H and O–H groups in total. The largest absolute Gasteiger partial charge is 0.493 e. The lowest BCUT2D eigenvalue weighted by molar-refractivity contribution is -0.0719. The third-order valence-electron chi connectivity index (χ3n) is 4.07. The second-order valence-electron chi connectivity index (χ2n) is 6.71. The quantitative estimate of drug-likeness (QED) is 0.908. The summed E-state index contributed by atoms with van der Waals surface area (Å²) < 4.78 is 11.2. The highest BCUT2D eigenvalue weighted by molar-refractivity contribution is 5.42. The van der Waals surface area contributed by atoms with Crippen LogP contribution in [0.1, 0.15) is 37.8 Å². The van der Waals surface area contributed by atoms with Crippen molar-refractivity contribution in [3.8, 4) is 5.75 Å². The average molecular weight is 261 g/mol. The van der Waals surface area contributed by atoms with E-state index in [0.717, 1.165) is 44.8 Å². The van der Waals surface area contributed by atoms with Gasteiger partial charge in [0.1, 0.15) is 5.75 Å². The highest BCUT2D eigenvalue weighted by Crippen LogP contribution is 2.40. The molecule has 19 heavy (non-hydrogen) atoms. The number of ether oxygens (including phenoxy) is 2. The summed E-state index contributed by atoms with van der Waals surface area (Å²) in [6.07, 6.45) is 3.19. The molecule has 3 rings (SSSR count). The van der Waals surface area contributed by atoms with Gasteiger partial charge in [0, 0.05) is 11.0 Å². The zero-order valence-electron chi connectivity index (χ0n) is 11.9. The van der Waals surface area contributed by atoms with E-state index < -0.39 is 0 Å². The molecule has 1 aromatic rings. The standard InChI is InChI=1S/C16H23NO2/c1-15(2,17)9-16(10-18-11-16)13-5-6-14-12(8-13)4-3-7-19-14/h5-6,8H,3-4,7,9-11,17H2,1-2H3. The molecule has 104 valence electrons. The minimum atomic E-state index is -0.170. The van der Waals surface area contributed by atoms with Crippen molar-refractivity contribution in [1.82, 2.24) is 0 Å². The summed E-state index contributed by atoms with van der Waals surface area (Å²) in [5.41, 5.74) is 8.86. The molecule has 2 heterocycles. The Kier molecular flexibility index (Phi) is 3.06. The Morgan fingerprint density at radius 2 is 2.11 bits per heavy atom. The molecule has 3 nitrogen and oxygen atoms in total. The lowest BCUT2D eigenvalue weighted by atomic mass is 9.70. The zero-order chi connectivity index (χ0) is 13.5. The number of hydrogen-bond acceptors (Lipinski definition) is 3. The molecule has 0 amide bonds. The maximum absolute atomic E-state index is 6.23. The number of aryl methyl sites for hydroxylation is 1. The molecule has 0 aliphatic carbocycles. The van der Waals surface area contributed by atoms with E-state index in [2.05, 4.69) is 32.0 Å². The smallest absolute Gasteiger partial charge is 0.122 e. The van der Waals surface area contributed by atoms with Gasteiger partial charge in [0.15, 0.2) is 0 Å². The third kappa shape index (κ3) is 2.49. The monoisotopic (exact) mass is 261 g/mol. The van der Waals surface area contributed by atoms with Crippen molar-refractivity contribution in [1.29, 1.82) is 0 Å². The molecule has 0 radical (unpaired) electrons. The lowest BCUT2D eigenvalue weighted by Crippen LogP contribution is -2.53. The summed E-state index contributed by atoms with van der Waals surface area (Å²) in [5.74, 6) is 1.05. The first-order valence-corrected chi connectivity index (χ1v) is 7.11. The van der Waals surface area contributed by atoms with E-state index in [1.54, 1.807) is 0 Å². The van der Waals surface area contributed by atoms with Crippen LogP contribution in [-0.4, -0.2) is 25.4 Å². The first-order chi connectivity index (χ1) is 8.99. The number of hydrogen-bond donors (Lipinski definition) is 1. The predicted octanol–water partition coefficient (Wildman–Crippen LogP) is 2.41. The minimum absolute atomic E-state index is 0.102. The molecule has 0 spiro atoms. The highest BCUT2D eigenvalue weighted by Gasteiger charge is 2.43. The van der Waals surface area contributed by atoms with Gasteiger partial charge in [0.2, 0.25) is 0 Å². The molecule has 0 saturated carbocycles. The summed E-state index contributed by atoms with van der Waals surface area (Å²) in [6.45, 7) is 6.60. The van der Waals surface area contributed by atoms with Crippen molar-refractivity contribution in [3.63, 3.8) is 0 Å². The molecule has 0 bridgehead atoms. The Bertz CT molecular complexity index is 472. The summed E-state index contributed by atoms with van der Waals surface area (Å²) in [5, 5.41) is 0. The van der Waals surface area contributed by atoms with Crippen LogP contribution < -0.4 is 10.5 Å². The van der Waals surface area contributed by atoms with E-state index in [4.69, 9.17) is 15.2 Å². The maximum Gasteiger partial charge on any atom is 0.122 e. The molecule has 2 aliphatic heterocycles. The Hall–Kier alpha value is -1.06. The molecule has 2 aliphatic rings. The Morgan fingerprint density at radius 1 is 1.32 bits per heavy atom. The van der Waals surface area contributed by atoms with Crippen LogP contribution in [0.25, 0.3) is 0 Å². The summed E-state index contributed by atoms with van der Waals surface area (Å²) in [4.78, 5) is 0. The number of nitrogens with two attached hydrogens (primary N) is 1. The normalized spacial score (nSPS) is 21.2. The number of rotatable bonds is 3. The van der Waals surface area contributed by atoms with Crippen LogP contribution in [0.3, 0.4) is 0 Å². The van der Waals surface area contributed by atoms with Crippen LogP contribution in [0.4, 0.5) is 0 Å². The fourth-order valence-electron chi connectivity index (χ4n) is 3.28. The first-order valence-electron chi connectivity index (χ1n) is 7.11. The van der Waals surface area contributed by atoms with E-state index in [-0.39, 0.29) is 11.0 Å². The van der Waals surface area contributed by atoms with Crippen molar-refractivity contribution in [2.24, 2.45) is 5.73 Å². The molecule has 1 fully saturated rings. The van der Waals surface area contributed by atoms with Crippen molar-refractivity contribution >= 4 is 0 Å². The van der Waals surface area contributed by atoms with Gasteiger partial charge in [-0.2, -0.15) is 0 Å². The van der Waals surface area contributed by atoms with Crippen LogP contribution in [0.15, 0.2) is 18.2 Å². The average Bonchev–Trinajstić information content (AvgIpc) is 2.32. The topological polar surface area (TPSA) is 44.5 Å². The summed E-state index contributed by atoms with van der Waals surface area (Å²) in [7, 11) is 0. The van der Waals surface area contributed by atoms with Crippen LogP contribution in [0, 0.1) is 0 Å². The third-order valence-corrected chi connectivity index (χ3v) is 4.07. The van der Waals surface area contributed by atoms with Gasteiger partial charge in [-0.25, -0.2) is 0 Å². The van der Waals surface area contributed by atoms with E-state index >= 15 is 0 Å². The first kappa shape index (κ1) is 12.9. The zero-order valence-corrected chi connectivity index (χ0v) is 11.9. The van der Waals surface area contributed by atoms with Crippen LogP contribution in [-0.2, 0) is 16.6 Å². The summed E-state index contributed by atoms with van der Waals surface area (Å²) >= 11 is 0. The van der Waals surface area contributed by atoms with Crippen molar-refractivity contribution in [3.05, 3.63) is 29.3 Å². The Morgan fingerprint density at radius 3 is 2.74 bits per heavy atom. The Balaban J connectivity index is 1.91. The minimum Gasteiger partial charge on any atom is -0.493 e. The van der Waals surface area contributed by atoms with E-state index in [1.807, 2.05) is 0 Å². The molecular weight excluding hydrogens is 238 g/mol. The van der Waals surface area contributed by atoms with Gasteiger partial charge >= 0.3 is 0 Å². The fourth-order valence-corrected chi connectivity index (χ4v) is 3.28. The van der Waals surface area contributed by atoms with Crippen LogP contribution in [0.2, 0.25) is 0 Å². The number of fused-ring (bicyclic) bond motifs is 1. The van der Waals surface area contributed by atoms with Gasteiger partial charge in [0.05, 0.1) is 19.8 Å². The molecule has 3 heteroatoms.